The van der Waals surface area contributed by atoms with E-state index in [4.69, 9.17) is 0 Å². The van der Waals surface area contributed by atoms with E-state index in [0.29, 0.717) is 23.0 Å². The van der Waals surface area contributed by atoms with Gasteiger partial charge in [0.25, 0.3) is 5.91 Å². The fourth-order valence-corrected chi connectivity index (χ4v) is 2.18. The van der Waals surface area contributed by atoms with Crippen LogP contribution in [0.5, 0.6) is 0 Å². The summed E-state index contributed by atoms with van der Waals surface area (Å²) in [6.07, 6.45) is 0. The molecule has 0 aliphatic rings. The highest BCUT2D eigenvalue weighted by molar-refractivity contribution is 5.94. The average Bonchev–Trinajstić information content (AvgIpc) is 3.03. The third kappa shape index (κ3) is 3.40. The van der Waals surface area contributed by atoms with Gasteiger partial charge in [0.05, 0.1) is 0 Å². The predicted molar refractivity (Wildman–Crippen MR) is 89.5 cm³/mol. The van der Waals surface area contributed by atoms with Crippen LogP contribution in [-0.4, -0.2) is 40.1 Å². The van der Waals surface area contributed by atoms with Gasteiger partial charge in [-0.1, -0.05) is 6.07 Å². The summed E-state index contributed by atoms with van der Waals surface area (Å²) >= 11 is 0. The molecule has 6 nitrogen and oxygen atoms in total. The number of nitrogens with one attached hydrogen (secondary N) is 2. The van der Waals surface area contributed by atoms with Gasteiger partial charge >= 0.3 is 0 Å². The van der Waals surface area contributed by atoms with Gasteiger partial charge < -0.3 is 15.2 Å². The molecular formula is C17H16FN5O. The predicted octanol–water partition coefficient (Wildman–Crippen LogP) is 3.06. The van der Waals surface area contributed by atoms with Gasteiger partial charge in [0.15, 0.2) is 5.82 Å². The molecule has 0 unspecified atom stereocenters. The standard InChI is InChI=1S/C17H16FN5O/c1-23(2)16(24)12-4-3-5-14(10-12)19-17-20-15(21-22-17)11-6-8-13(18)9-7-11/h3-10H,1-2H3,(H2,19,20,21,22). The summed E-state index contributed by atoms with van der Waals surface area (Å²) in [5, 5.41) is 11.1. The smallest absolute Gasteiger partial charge is 0.253 e. The Morgan fingerprint density at radius 1 is 1.12 bits per heavy atom. The lowest BCUT2D eigenvalue weighted by Gasteiger charge is -2.11. The van der Waals surface area contributed by atoms with Gasteiger partial charge in [-0.3, -0.25) is 4.79 Å². The van der Waals surface area contributed by atoms with E-state index in [-0.39, 0.29) is 11.7 Å². The molecule has 0 spiro atoms. The van der Waals surface area contributed by atoms with Crippen molar-refractivity contribution in [3.63, 3.8) is 0 Å². The van der Waals surface area contributed by atoms with Gasteiger partial charge in [-0.05, 0) is 42.5 Å². The Bertz CT molecular complexity index is 857. The van der Waals surface area contributed by atoms with Gasteiger partial charge in [0, 0.05) is 30.9 Å². The molecule has 1 amide bonds. The van der Waals surface area contributed by atoms with Crippen molar-refractivity contribution in [2.45, 2.75) is 0 Å². The summed E-state index contributed by atoms with van der Waals surface area (Å²) in [6, 6.07) is 13.1. The largest absolute Gasteiger partial charge is 0.345 e. The molecule has 1 heterocycles. The number of hydrogen-bond acceptors (Lipinski definition) is 4. The Kier molecular flexibility index (Phi) is 4.24. The Labute approximate surface area is 138 Å². The molecule has 122 valence electrons. The molecule has 7 heteroatoms. The minimum atomic E-state index is -0.306. The lowest BCUT2D eigenvalue weighted by molar-refractivity contribution is 0.0827. The minimum Gasteiger partial charge on any atom is -0.345 e. The number of anilines is 2. The topological polar surface area (TPSA) is 73.9 Å². The molecule has 0 bridgehead atoms. The van der Waals surface area contributed by atoms with E-state index in [1.807, 2.05) is 6.07 Å². The van der Waals surface area contributed by atoms with Crippen molar-refractivity contribution in [3.05, 3.63) is 59.9 Å². The summed E-state index contributed by atoms with van der Waals surface area (Å²) in [5.74, 6) is 0.573. The Balaban J connectivity index is 1.79. The molecule has 0 fully saturated rings. The van der Waals surface area contributed by atoms with Crippen molar-refractivity contribution in [2.75, 3.05) is 19.4 Å². The van der Waals surface area contributed by atoms with Crippen LogP contribution in [0.25, 0.3) is 11.4 Å². The minimum absolute atomic E-state index is 0.0804. The van der Waals surface area contributed by atoms with Crippen molar-refractivity contribution in [3.8, 4) is 11.4 Å². The van der Waals surface area contributed by atoms with E-state index in [1.165, 1.54) is 17.0 Å². The van der Waals surface area contributed by atoms with Crippen LogP contribution >= 0.6 is 0 Å². The zero-order chi connectivity index (χ0) is 17.1. The quantitative estimate of drug-likeness (QED) is 0.773. The monoisotopic (exact) mass is 325 g/mol. The molecule has 0 aliphatic carbocycles. The first-order chi connectivity index (χ1) is 11.5. The number of carbonyl (C=O) groups is 1. The van der Waals surface area contributed by atoms with Crippen LogP contribution in [0.2, 0.25) is 0 Å². The summed E-state index contributed by atoms with van der Waals surface area (Å²) < 4.78 is 13.0. The van der Waals surface area contributed by atoms with E-state index >= 15 is 0 Å². The highest BCUT2D eigenvalue weighted by Gasteiger charge is 2.10. The molecule has 2 aromatic carbocycles. The fourth-order valence-electron chi connectivity index (χ4n) is 2.18. The first-order valence-corrected chi connectivity index (χ1v) is 7.30. The fraction of sp³-hybridized carbons (Fsp3) is 0.118. The van der Waals surface area contributed by atoms with Crippen molar-refractivity contribution in [1.82, 2.24) is 20.1 Å². The van der Waals surface area contributed by atoms with E-state index < -0.39 is 0 Å². The van der Waals surface area contributed by atoms with Crippen LogP contribution in [-0.2, 0) is 0 Å². The summed E-state index contributed by atoms with van der Waals surface area (Å²) in [4.78, 5) is 16.5. The summed E-state index contributed by atoms with van der Waals surface area (Å²) in [7, 11) is 3.40. The number of nitrogens with zero attached hydrogens (tertiary/aromatic N) is 3. The van der Waals surface area contributed by atoms with Gasteiger partial charge in [-0.2, -0.15) is 0 Å². The van der Waals surface area contributed by atoms with Gasteiger partial charge in [0.2, 0.25) is 5.95 Å². The second-order valence-electron chi connectivity index (χ2n) is 5.43. The number of benzene rings is 2. The number of amides is 1. The second-order valence-corrected chi connectivity index (χ2v) is 5.43. The first-order valence-electron chi connectivity index (χ1n) is 7.30. The maximum absolute atomic E-state index is 13.0. The molecule has 3 rings (SSSR count). The first kappa shape index (κ1) is 15.7. The van der Waals surface area contributed by atoms with E-state index in [1.54, 1.807) is 44.4 Å². The lowest BCUT2D eigenvalue weighted by Crippen LogP contribution is -2.21. The molecule has 1 aromatic heterocycles. The lowest BCUT2D eigenvalue weighted by atomic mass is 10.2. The molecule has 3 aromatic rings. The Hall–Kier alpha value is -3.22. The zero-order valence-electron chi connectivity index (χ0n) is 13.2. The van der Waals surface area contributed by atoms with Gasteiger partial charge in [-0.25, -0.2) is 4.39 Å². The molecule has 0 aliphatic heterocycles. The van der Waals surface area contributed by atoms with Crippen LogP contribution in [0.1, 0.15) is 10.4 Å². The molecule has 0 radical (unpaired) electrons. The van der Waals surface area contributed by atoms with Gasteiger partial charge in [0.1, 0.15) is 5.82 Å². The maximum Gasteiger partial charge on any atom is 0.253 e. The number of aromatic amines is 1. The number of hydrogen-bond donors (Lipinski definition) is 2. The normalized spacial score (nSPS) is 10.5. The number of halogens is 1. The Morgan fingerprint density at radius 3 is 2.58 bits per heavy atom. The SMILES string of the molecule is CN(C)C(=O)c1cccc(Nc2nnc(-c3ccc(F)cc3)[nH]2)c1. The van der Waals surface area contributed by atoms with Crippen LogP contribution in [0.3, 0.4) is 0 Å². The number of rotatable bonds is 4. The molecule has 24 heavy (non-hydrogen) atoms. The molecule has 0 saturated carbocycles. The molecule has 2 N–H and O–H groups in total. The highest BCUT2D eigenvalue weighted by Crippen LogP contribution is 2.19. The van der Waals surface area contributed by atoms with E-state index in [9.17, 15) is 9.18 Å². The second kappa shape index (κ2) is 6.49. The number of carbonyl (C=O) groups excluding carboxylic acids is 1. The summed E-state index contributed by atoms with van der Waals surface area (Å²) in [6.45, 7) is 0. The number of H-pyrrole nitrogens is 1. The van der Waals surface area contributed by atoms with Crippen LogP contribution in [0.15, 0.2) is 48.5 Å². The van der Waals surface area contributed by atoms with E-state index in [2.05, 4.69) is 20.5 Å². The third-order valence-electron chi connectivity index (χ3n) is 3.38. The van der Waals surface area contributed by atoms with Crippen LogP contribution < -0.4 is 5.32 Å². The van der Waals surface area contributed by atoms with Crippen molar-refractivity contribution in [1.29, 1.82) is 0 Å². The average molecular weight is 325 g/mol. The van der Waals surface area contributed by atoms with Crippen molar-refractivity contribution in [2.24, 2.45) is 0 Å². The summed E-state index contributed by atoms with van der Waals surface area (Å²) in [5.41, 5.74) is 2.02. The van der Waals surface area contributed by atoms with Crippen molar-refractivity contribution >= 4 is 17.5 Å². The third-order valence-corrected chi connectivity index (χ3v) is 3.38. The van der Waals surface area contributed by atoms with E-state index in [0.717, 1.165) is 5.56 Å². The zero-order valence-corrected chi connectivity index (χ0v) is 13.2. The molecular weight excluding hydrogens is 309 g/mol. The van der Waals surface area contributed by atoms with Crippen LogP contribution in [0.4, 0.5) is 16.0 Å². The van der Waals surface area contributed by atoms with Crippen LogP contribution in [0, 0.1) is 5.82 Å². The van der Waals surface area contributed by atoms with Crippen molar-refractivity contribution < 1.29 is 9.18 Å². The molecule has 0 atom stereocenters. The molecule has 0 saturated heterocycles. The van der Waals surface area contributed by atoms with Gasteiger partial charge in [-0.15, -0.1) is 10.2 Å². The Morgan fingerprint density at radius 2 is 1.88 bits per heavy atom. The maximum atomic E-state index is 13.0. The highest BCUT2D eigenvalue weighted by atomic mass is 19.1. The number of aromatic nitrogens is 3.